The van der Waals surface area contributed by atoms with Crippen molar-refractivity contribution < 1.29 is 0 Å². The number of hydrogen-bond acceptors (Lipinski definition) is 1. The van der Waals surface area contributed by atoms with Crippen LogP contribution < -0.4 is 5.32 Å². The third kappa shape index (κ3) is 2.43. The number of hydrogen-bond donors (Lipinski definition) is 1. The van der Waals surface area contributed by atoms with E-state index in [0.29, 0.717) is 6.04 Å². The van der Waals surface area contributed by atoms with E-state index in [2.05, 4.69) is 25.2 Å². The van der Waals surface area contributed by atoms with E-state index in [9.17, 15) is 0 Å². The first kappa shape index (κ1) is 8.41. The first-order valence-corrected chi connectivity index (χ1v) is 4.00. The average molecular weight is 169 g/mol. The number of halogens is 1. The van der Waals surface area contributed by atoms with Crippen molar-refractivity contribution in [3.63, 3.8) is 0 Å². The molecule has 0 aromatic heterocycles. The maximum Gasteiger partial charge on any atom is 0.0643 e. The van der Waals surface area contributed by atoms with Gasteiger partial charge in [0.2, 0.25) is 0 Å². The summed E-state index contributed by atoms with van der Waals surface area (Å²) in [6.45, 7) is 4.15. The first-order chi connectivity index (χ1) is 5.20. The molecule has 0 aliphatic heterocycles. The van der Waals surface area contributed by atoms with Gasteiger partial charge in [-0.15, -0.1) is 0 Å². The van der Waals surface area contributed by atoms with E-state index in [1.165, 1.54) is 0 Å². The molecule has 0 unspecified atom stereocenters. The Balaban J connectivity index is 2.78. The number of anilines is 1. The van der Waals surface area contributed by atoms with Crippen molar-refractivity contribution in [2.45, 2.75) is 19.9 Å². The van der Waals surface area contributed by atoms with Gasteiger partial charge in [-0.25, -0.2) is 0 Å². The van der Waals surface area contributed by atoms with Crippen LogP contribution in [0.3, 0.4) is 0 Å². The lowest BCUT2D eigenvalue weighted by atomic mass is 10.3. The monoisotopic (exact) mass is 168 g/mol. The molecule has 59 valence electrons. The topological polar surface area (TPSA) is 12.0 Å². The molecule has 0 saturated heterocycles. The van der Waals surface area contributed by atoms with Gasteiger partial charge in [0.05, 0.1) is 10.7 Å². The molecule has 1 aromatic rings. The van der Waals surface area contributed by atoms with E-state index >= 15 is 0 Å². The Morgan fingerprint density at radius 2 is 2.27 bits per heavy atom. The fourth-order valence-electron chi connectivity index (χ4n) is 0.838. The molecular formula is C9H11ClN. The highest BCUT2D eigenvalue weighted by Crippen LogP contribution is 2.20. The molecule has 1 nitrogen and oxygen atoms in total. The molecule has 0 amide bonds. The molecular weight excluding hydrogens is 158 g/mol. The van der Waals surface area contributed by atoms with Gasteiger partial charge in [-0.1, -0.05) is 17.7 Å². The lowest BCUT2D eigenvalue weighted by Gasteiger charge is -2.10. The van der Waals surface area contributed by atoms with Gasteiger partial charge in [0.25, 0.3) is 0 Å². The van der Waals surface area contributed by atoms with E-state index in [0.717, 1.165) is 10.7 Å². The zero-order valence-electron chi connectivity index (χ0n) is 6.69. The highest BCUT2D eigenvalue weighted by Gasteiger charge is 1.98. The van der Waals surface area contributed by atoms with Crippen LogP contribution in [0.4, 0.5) is 5.69 Å². The van der Waals surface area contributed by atoms with Gasteiger partial charge in [-0.3, -0.25) is 0 Å². The molecule has 0 spiro atoms. The van der Waals surface area contributed by atoms with Crippen LogP contribution in [0, 0.1) is 6.07 Å². The minimum Gasteiger partial charge on any atom is -0.382 e. The summed E-state index contributed by atoms with van der Waals surface area (Å²) in [5, 5.41) is 3.94. The Labute approximate surface area is 72.4 Å². The van der Waals surface area contributed by atoms with Crippen LogP contribution in [0.25, 0.3) is 0 Å². The summed E-state index contributed by atoms with van der Waals surface area (Å²) in [5.74, 6) is 0. The van der Waals surface area contributed by atoms with Crippen LogP contribution in [-0.2, 0) is 0 Å². The van der Waals surface area contributed by atoms with Gasteiger partial charge in [0.1, 0.15) is 0 Å². The molecule has 0 bridgehead atoms. The number of benzene rings is 1. The van der Waals surface area contributed by atoms with Crippen LogP contribution in [-0.4, -0.2) is 6.04 Å². The summed E-state index contributed by atoms with van der Waals surface area (Å²) in [5.41, 5.74) is 0.973. The number of rotatable bonds is 2. The van der Waals surface area contributed by atoms with Crippen molar-refractivity contribution in [2.75, 3.05) is 5.32 Å². The van der Waals surface area contributed by atoms with Crippen molar-refractivity contribution >= 4 is 17.3 Å². The van der Waals surface area contributed by atoms with Crippen molar-refractivity contribution in [2.24, 2.45) is 0 Å². The molecule has 1 aromatic carbocycles. The minimum absolute atomic E-state index is 0.412. The normalized spacial score (nSPS) is 10.2. The summed E-state index contributed by atoms with van der Waals surface area (Å²) in [4.78, 5) is 0. The lowest BCUT2D eigenvalue weighted by Crippen LogP contribution is -2.09. The van der Waals surface area contributed by atoms with Crippen LogP contribution in [0.5, 0.6) is 0 Å². The maximum absolute atomic E-state index is 5.87. The van der Waals surface area contributed by atoms with Crippen molar-refractivity contribution in [1.29, 1.82) is 0 Å². The predicted molar refractivity (Wildman–Crippen MR) is 49.0 cm³/mol. The Bertz CT molecular complexity index is 233. The zero-order valence-corrected chi connectivity index (χ0v) is 7.44. The SMILES string of the molecule is CC(C)Nc1cc[c]cc1Cl. The molecule has 0 fully saturated rings. The van der Waals surface area contributed by atoms with Gasteiger partial charge in [-0.05, 0) is 32.0 Å². The average Bonchev–Trinajstić information content (AvgIpc) is 1.93. The Morgan fingerprint density at radius 1 is 1.55 bits per heavy atom. The van der Waals surface area contributed by atoms with E-state index in [1.807, 2.05) is 12.1 Å². The number of nitrogens with one attached hydrogen (secondary N) is 1. The second-order valence-corrected chi connectivity index (χ2v) is 3.11. The van der Waals surface area contributed by atoms with Gasteiger partial charge in [0, 0.05) is 6.04 Å². The molecule has 1 rings (SSSR count). The molecule has 1 N–H and O–H groups in total. The van der Waals surface area contributed by atoms with Crippen molar-refractivity contribution in [1.82, 2.24) is 0 Å². The molecule has 0 heterocycles. The largest absolute Gasteiger partial charge is 0.382 e. The molecule has 1 radical (unpaired) electrons. The fourth-order valence-corrected chi connectivity index (χ4v) is 1.02. The Kier molecular flexibility index (Phi) is 2.77. The Hall–Kier alpha value is -0.690. The van der Waals surface area contributed by atoms with Crippen molar-refractivity contribution in [3.8, 4) is 0 Å². The second kappa shape index (κ2) is 3.63. The Morgan fingerprint density at radius 3 is 2.82 bits per heavy atom. The highest BCUT2D eigenvalue weighted by molar-refractivity contribution is 6.33. The molecule has 0 aliphatic carbocycles. The standard InChI is InChI=1S/C9H11ClN/c1-7(2)11-9-6-4-3-5-8(9)10/h4-7,11H,1-2H3. The quantitative estimate of drug-likeness (QED) is 0.716. The third-order valence-corrected chi connectivity index (χ3v) is 1.57. The van der Waals surface area contributed by atoms with E-state index in [4.69, 9.17) is 11.6 Å². The smallest absolute Gasteiger partial charge is 0.0643 e. The summed E-state index contributed by atoms with van der Waals surface area (Å²) in [7, 11) is 0. The van der Waals surface area contributed by atoms with Gasteiger partial charge >= 0.3 is 0 Å². The van der Waals surface area contributed by atoms with Gasteiger partial charge < -0.3 is 5.32 Å². The van der Waals surface area contributed by atoms with Gasteiger partial charge in [-0.2, -0.15) is 0 Å². The summed E-state index contributed by atoms with van der Waals surface area (Å²) in [6, 6.07) is 8.83. The maximum atomic E-state index is 5.87. The summed E-state index contributed by atoms with van der Waals surface area (Å²) < 4.78 is 0. The molecule has 2 heteroatoms. The zero-order chi connectivity index (χ0) is 8.27. The van der Waals surface area contributed by atoms with Gasteiger partial charge in [0.15, 0.2) is 0 Å². The minimum atomic E-state index is 0.412. The van der Waals surface area contributed by atoms with Crippen LogP contribution in [0.1, 0.15) is 13.8 Å². The van der Waals surface area contributed by atoms with Crippen LogP contribution in [0.15, 0.2) is 18.2 Å². The highest BCUT2D eigenvalue weighted by atomic mass is 35.5. The molecule has 0 atom stereocenters. The van der Waals surface area contributed by atoms with Crippen LogP contribution >= 0.6 is 11.6 Å². The predicted octanol–water partition coefficient (Wildman–Crippen LogP) is 2.96. The second-order valence-electron chi connectivity index (χ2n) is 2.70. The lowest BCUT2D eigenvalue weighted by molar-refractivity contribution is 0.900. The first-order valence-electron chi connectivity index (χ1n) is 3.62. The molecule has 0 saturated carbocycles. The summed E-state index contributed by atoms with van der Waals surface area (Å²) >= 11 is 5.87. The van der Waals surface area contributed by atoms with E-state index in [-0.39, 0.29) is 0 Å². The third-order valence-electron chi connectivity index (χ3n) is 1.26. The molecule has 11 heavy (non-hydrogen) atoms. The summed E-state index contributed by atoms with van der Waals surface area (Å²) in [6.07, 6.45) is 0. The van der Waals surface area contributed by atoms with E-state index < -0.39 is 0 Å². The van der Waals surface area contributed by atoms with Crippen molar-refractivity contribution in [3.05, 3.63) is 29.3 Å². The molecule has 0 aliphatic rings. The van der Waals surface area contributed by atoms with Crippen LogP contribution in [0.2, 0.25) is 5.02 Å². The van der Waals surface area contributed by atoms with E-state index in [1.54, 1.807) is 6.07 Å². The fraction of sp³-hybridized carbons (Fsp3) is 0.333.